The maximum atomic E-state index is 14.0. The summed E-state index contributed by atoms with van der Waals surface area (Å²) in [6.07, 6.45) is 0. The Morgan fingerprint density at radius 2 is 1.46 bits per heavy atom. The van der Waals surface area contributed by atoms with Crippen LogP contribution in [0.2, 0.25) is 5.02 Å². The molecule has 0 radical (unpaired) electrons. The summed E-state index contributed by atoms with van der Waals surface area (Å²) in [6.45, 7) is 10.5. The van der Waals surface area contributed by atoms with Crippen LogP contribution in [0.5, 0.6) is 0 Å². The van der Waals surface area contributed by atoms with E-state index in [-0.39, 0.29) is 23.4 Å². The Kier molecular flexibility index (Phi) is 9.80. The van der Waals surface area contributed by atoms with Gasteiger partial charge >= 0.3 is 0 Å². The Balaban J connectivity index is 2.07. The van der Waals surface area contributed by atoms with Crippen molar-refractivity contribution < 1.29 is 18.0 Å². The highest BCUT2D eigenvalue weighted by atomic mass is 35.5. The van der Waals surface area contributed by atoms with Gasteiger partial charge in [0.05, 0.1) is 10.6 Å². The van der Waals surface area contributed by atoms with Crippen LogP contribution in [0.3, 0.4) is 0 Å². The number of carbonyl (C=O) groups is 2. The van der Waals surface area contributed by atoms with E-state index in [9.17, 15) is 18.0 Å². The summed E-state index contributed by atoms with van der Waals surface area (Å²) in [4.78, 5) is 28.4. The minimum Gasteiger partial charge on any atom is -0.352 e. The molecule has 9 heteroatoms. The van der Waals surface area contributed by atoms with Crippen LogP contribution in [0.4, 0.5) is 5.69 Å². The Labute approximate surface area is 236 Å². The molecule has 39 heavy (non-hydrogen) atoms. The second kappa shape index (κ2) is 12.7. The first-order valence-electron chi connectivity index (χ1n) is 12.8. The van der Waals surface area contributed by atoms with E-state index in [1.807, 2.05) is 39.8 Å². The minimum absolute atomic E-state index is 0.0802. The van der Waals surface area contributed by atoms with Crippen molar-refractivity contribution in [2.24, 2.45) is 0 Å². The molecule has 0 saturated heterocycles. The first kappa shape index (κ1) is 30.2. The SMILES string of the molecule is Cc1ccc(S(=O)(=O)N(CC(=O)N(Cc2ccc(Cl)cc2)C(C)C(=O)NC(C)C)c2cc(C)ccc2C)cc1. The lowest BCUT2D eigenvalue weighted by molar-refractivity contribution is -0.139. The zero-order chi connectivity index (χ0) is 28.9. The molecule has 0 saturated carbocycles. The van der Waals surface area contributed by atoms with Crippen LogP contribution in [0.1, 0.15) is 43.0 Å². The number of aryl methyl sites for hydroxylation is 3. The van der Waals surface area contributed by atoms with Gasteiger partial charge in [0, 0.05) is 17.6 Å². The first-order chi connectivity index (χ1) is 18.3. The number of amides is 2. The van der Waals surface area contributed by atoms with Gasteiger partial charge in [0.15, 0.2) is 0 Å². The van der Waals surface area contributed by atoms with Gasteiger partial charge in [-0.25, -0.2) is 8.42 Å². The topological polar surface area (TPSA) is 86.8 Å². The van der Waals surface area contributed by atoms with Crippen LogP contribution >= 0.6 is 11.6 Å². The van der Waals surface area contributed by atoms with Crippen molar-refractivity contribution in [1.29, 1.82) is 0 Å². The van der Waals surface area contributed by atoms with Gasteiger partial charge in [-0.3, -0.25) is 13.9 Å². The van der Waals surface area contributed by atoms with E-state index in [1.54, 1.807) is 56.3 Å². The highest BCUT2D eigenvalue weighted by Gasteiger charge is 2.33. The summed E-state index contributed by atoms with van der Waals surface area (Å²) >= 11 is 6.05. The third-order valence-corrected chi connectivity index (χ3v) is 8.41. The molecule has 0 aliphatic rings. The molecule has 208 valence electrons. The summed E-state index contributed by atoms with van der Waals surface area (Å²) < 4.78 is 29.1. The Morgan fingerprint density at radius 3 is 2.05 bits per heavy atom. The molecule has 0 aliphatic carbocycles. The van der Waals surface area contributed by atoms with Crippen LogP contribution in [0.15, 0.2) is 71.6 Å². The quantitative estimate of drug-likeness (QED) is 0.354. The number of rotatable bonds is 10. The van der Waals surface area contributed by atoms with Gasteiger partial charge in [0.25, 0.3) is 10.0 Å². The number of benzene rings is 3. The standard InChI is InChI=1S/C30H36ClN3O4S/c1-20(2)32-30(36)24(6)33(18-25-11-13-26(31)14-12-25)29(35)19-34(28-17-22(4)7-10-23(28)5)39(37,38)27-15-8-21(3)9-16-27/h7-17,20,24H,18-19H2,1-6H3,(H,32,36). The fourth-order valence-electron chi connectivity index (χ4n) is 4.11. The van der Waals surface area contributed by atoms with Gasteiger partial charge in [0.2, 0.25) is 11.8 Å². The molecule has 3 rings (SSSR count). The normalized spacial score (nSPS) is 12.2. The average molecular weight is 570 g/mol. The molecule has 0 aromatic heterocycles. The zero-order valence-corrected chi connectivity index (χ0v) is 24.8. The van der Waals surface area contributed by atoms with Crippen LogP contribution in [0, 0.1) is 20.8 Å². The smallest absolute Gasteiger partial charge is 0.264 e. The predicted octanol–water partition coefficient (Wildman–Crippen LogP) is 5.40. The van der Waals surface area contributed by atoms with Crippen molar-refractivity contribution >= 4 is 39.1 Å². The third kappa shape index (κ3) is 7.61. The molecule has 2 amide bonds. The summed E-state index contributed by atoms with van der Waals surface area (Å²) in [5, 5.41) is 3.40. The summed E-state index contributed by atoms with van der Waals surface area (Å²) in [5.41, 5.74) is 3.66. The second-order valence-corrected chi connectivity index (χ2v) is 12.4. The van der Waals surface area contributed by atoms with E-state index in [2.05, 4.69) is 5.32 Å². The van der Waals surface area contributed by atoms with Crippen LogP contribution in [-0.4, -0.2) is 43.8 Å². The molecule has 0 heterocycles. The van der Waals surface area contributed by atoms with E-state index in [1.165, 1.54) is 17.0 Å². The van der Waals surface area contributed by atoms with Gasteiger partial charge < -0.3 is 10.2 Å². The highest BCUT2D eigenvalue weighted by Crippen LogP contribution is 2.29. The predicted molar refractivity (Wildman–Crippen MR) is 156 cm³/mol. The van der Waals surface area contributed by atoms with Crippen molar-refractivity contribution in [2.75, 3.05) is 10.8 Å². The molecule has 0 spiro atoms. The minimum atomic E-state index is -4.11. The molecule has 3 aromatic carbocycles. The van der Waals surface area contributed by atoms with Crippen LogP contribution < -0.4 is 9.62 Å². The van der Waals surface area contributed by atoms with Crippen molar-refractivity contribution in [3.8, 4) is 0 Å². The fourth-order valence-corrected chi connectivity index (χ4v) is 5.71. The number of halogens is 1. The van der Waals surface area contributed by atoms with Gasteiger partial charge in [-0.05, 0) is 88.6 Å². The molecule has 1 N–H and O–H groups in total. The van der Waals surface area contributed by atoms with Crippen molar-refractivity contribution in [2.45, 2.75) is 65.1 Å². The maximum absolute atomic E-state index is 14.0. The zero-order valence-electron chi connectivity index (χ0n) is 23.2. The largest absolute Gasteiger partial charge is 0.352 e. The summed E-state index contributed by atoms with van der Waals surface area (Å²) in [5.74, 6) is -0.833. The summed E-state index contributed by atoms with van der Waals surface area (Å²) in [7, 11) is -4.11. The third-order valence-electron chi connectivity index (χ3n) is 6.39. The van der Waals surface area contributed by atoms with Crippen molar-refractivity contribution in [3.05, 3.63) is 94.0 Å². The molecular formula is C30H36ClN3O4S. The number of nitrogens with zero attached hydrogens (tertiary/aromatic N) is 2. The van der Waals surface area contributed by atoms with Gasteiger partial charge in [0.1, 0.15) is 12.6 Å². The van der Waals surface area contributed by atoms with E-state index in [0.29, 0.717) is 16.3 Å². The Bertz CT molecular complexity index is 1420. The molecule has 0 fully saturated rings. The molecule has 0 aliphatic heterocycles. The average Bonchev–Trinajstić information content (AvgIpc) is 2.87. The van der Waals surface area contributed by atoms with Crippen molar-refractivity contribution in [3.63, 3.8) is 0 Å². The second-order valence-electron chi connectivity index (χ2n) is 10.1. The van der Waals surface area contributed by atoms with E-state index in [4.69, 9.17) is 11.6 Å². The Morgan fingerprint density at radius 1 is 0.872 bits per heavy atom. The van der Waals surface area contributed by atoms with Crippen LogP contribution in [0.25, 0.3) is 0 Å². The molecular weight excluding hydrogens is 534 g/mol. The number of hydrogen-bond donors (Lipinski definition) is 1. The van der Waals surface area contributed by atoms with Gasteiger partial charge in [-0.2, -0.15) is 0 Å². The lowest BCUT2D eigenvalue weighted by atomic mass is 10.1. The fraction of sp³-hybridized carbons (Fsp3) is 0.333. The van der Waals surface area contributed by atoms with E-state index >= 15 is 0 Å². The number of carbonyl (C=O) groups excluding carboxylic acids is 2. The van der Waals surface area contributed by atoms with Crippen molar-refractivity contribution in [1.82, 2.24) is 10.2 Å². The Hall–Kier alpha value is -3.36. The molecule has 0 bridgehead atoms. The number of sulfonamides is 1. The first-order valence-corrected chi connectivity index (χ1v) is 14.6. The molecule has 1 atom stereocenters. The van der Waals surface area contributed by atoms with E-state index in [0.717, 1.165) is 21.0 Å². The number of anilines is 1. The molecule has 7 nitrogen and oxygen atoms in total. The lowest BCUT2D eigenvalue weighted by Crippen LogP contribution is -2.52. The number of hydrogen-bond acceptors (Lipinski definition) is 4. The van der Waals surface area contributed by atoms with Gasteiger partial charge in [-0.15, -0.1) is 0 Å². The lowest BCUT2D eigenvalue weighted by Gasteiger charge is -2.33. The summed E-state index contributed by atoms with van der Waals surface area (Å²) in [6, 6.07) is 18.0. The molecule has 3 aromatic rings. The van der Waals surface area contributed by atoms with Gasteiger partial charge in [-0.1, -0.05) is 53.6 Å². The van der Waals surface area contributed by atoms with E-state index < -0.39 is 28.5 Å². The monoisotopic (exact) mass is 569 g/mol. The maximum Gasteiger partial charge on any atom is 0.264 e. The molecule has 1 unspecified atom stereocenters. The highest BCUT2D eigenvalue weighted by molar-refractivity contribution is 7.92. The van der Waals surface area contributed by atoms with Crippen LogP contribution in [-0.2, 0) is 26.2 Å². The number of nitrogens with one attached hydrogen (secondary N) is 1.